The lowest BCUT2D eigenvalue weighted by Crippen LogP contribution is -2.32. The second-order valence-electron chi connectivity index (χ2n) is 4.96. The number of rotatable bonds is 7. The summed E-state index contributed by atoms with van der Waals surface area (Å²) in [6.45, 7) is 0.873. The average Bonchev–Trinajstić information content (AvgIpc) is 3.06. The number of ether oxygens (including phenoxy) is 4. The van der Waals surface area contributed by atoms with Crippen molar-refractivity contribution >= 4 is 17.5 Å². The summed E-state index contributed by atoms with van der Waals surface area (Å²) in [6, 6.07) is 12.2. The molecule has 0 aliphatic carbocycles. The van der Waals surface area contributed by atoms with Gasteiger partial charge >= 0.3 is 0 Å². The van der Waals surface area contributed by atoms with Crippen molar-refractivity contribution in [3.8, 4) is 23.0 Å². The van der Waals surface area contributed by atoms with E-state index in [1.54, 1.807) is 42.5 Å². The minimum absolute atomic E-state index is 0.0638. The molecule has 7 heteroatoms. The maximum atomic E-state index is 11.7. The van der Waals surface area contributed by atoms with Crippen LogP contribution in [0.1, 0.15) is 0 Å². The first-order valence-electron chi connectivity index (χ1n) is 7.38. The molecule has 0 radical (unpaired) electrons. The van der Waals surface area contributed by atoms with E-state index < -0.39 is 0 Å². The molecule has 2 aromatic carbocycles. The fourth-order valence-electron chi connectivity index (χ4n) is 2.06. The maximum Gasteiger partial charge on any atom is 0.258 e. The SMILES string of the molecule is O=C(COc1ccc(Cl)cc1)NCCOc1ccc2c(c1)OCO2. The normalized spacial score (nSPS) is 11.9. The second-order valence-corrected chi connectivity index (χ2v) is 5.39. The third kappa shape index (κ3) is 4.45. The summed E-state index contributed by atoms with van der Waals surface area (Å²) in [5.74, 6) is 2.39. The zero-order chi connectivity index (χ0) is 16.8. The Labute approximate surface area is 144 Å². The minimum Gasteiger partial charge on any atom is -0.492 e. The van der Waals surface area contributed by atoms with Crippen molar-refractivity contribution in [3.63, 3.8) is 0 Å². The van der Waals surface area contributed by atoms with Crippen LogP contribution >= 0.6 is 11.6 Å². The highest BCUT2D eigenvalue weighted by atomic mass is 35.5. The van der Waals surface area contributed by atoms with Gasteiger partial charge < -0.3 is 24.3 Å². The monoisotopic (exact) mass is 349 g/mol. The summed E-state index contributed by atoms with van der Waals surface area (Å²) < 4.78 is 21.4. The van der Waals surface area contributed by atoms with E-state index in [-0.39, 0.29) is 19.3 Å². The predicted octanol–water partition coefficient (Wildman–Crippen LogP) is 2.64. The van der Waals surface area contributed by atoms with Crippen molar-refractivity contribution < 1.29 is 23.7 Å². The molecule has 0 atom stereocenters. The Morgan fingerprint density at radius 3 is 2.62 bits per heavy atom. The first-order valence-corrected chi connectivity index (χ1v) is 7.76. The van der Waals surface area contributed by atoms with Gasteiger partial charge in [0.1, 0.15) is 18.1 Å². The van der Waals surface area contributed by atoms with Gasteiger partial charge in [0.2, 0.25) is 6.79 Å². The molecule has 1 N–H and O–H groups in total. The smallest absolute Gasteiger partial charge is 0.258 e. The van der Waals surface area contributed by atoms with Crippen LogP contribution in [0.15, 0.2) is 42.5 Å². The Hall–Kier alpha value is -2.60. The number of carbonyl (C=O) groups is 1. The molecule has 0 bridgehead atoms. The molecular formula is C17H16ClNO5. The summed E-state index contributed by atoms with van der Waals surface area (Å²) in [5, 5.41) is 3.33. The van der Waals surface area contributed by atoms with Crippen molar-refractivity contribution in [2.75, 3.05) is 26.6 Å². The fraction of sp³-hybridized carbons (Fsp3) is 0.235. The van der Waals surface area contributed by atoms with Crippen LogP contribution in [0.2, 0.25) is 5.02 Å². The Bertz CT molecular complexity index is 705. The molecular weight excluding hydrogens is 334 g/mol. The van der Waals surface area contributed by atoms with Gasteiger partial charge in [-0.1, -0.05) is 11.6 Å². The molecule has 0 unspecified atom stereocenters. The van der Waals surface area contributed by atoms with Crippen LogP contribution in [0.3, 0.4) is 0 Å². The largest absolute Gasteiger partial charge is 0.492 e. The van der Waals surface area contributed by atoms with Gasteiger partial charge in [-0.2, -0.15) is 0 Å². The number of halogens is 1. The molecule has 1 aliphatic rings. The average molecular weight is 350 g/mol. The number of nitrogens with one attached hydrogen (secondary N) is 1. The van der Waals surface area contributed by atoms with Gasteiger partial charge in [-0.25, -0.2) is 0 Å². The number of fused-ring (bicyclic) bond motifs is 1. The number of amides is 1. The molecule has 126 valence electrons. The van der Waals surface area contributed by atoms with E-state index >= 15 is 0 Å². The van der Waals surface area contributed by atoms with Crippen molar-refractivity contribution in [2.24, 2.45) is 0 Å². The fourth-order valence-corrected chi connectivity index (χ4v) is 2.18. The highest BCUT2D eigenvalue weighted by Crippen LogP contribution is 2.34. The molecule has 0 saturated carbocycles. The summed E-state index contributed by atoms with van der Waals surface area (Å²) in [7, 11) is 0. The topological polar surface area (TPSA) is 66.0 Å². The third-order valence-corrected chi connectivity index (χ3v) is 3.47. The summed E-state index contributed by atoms with van der Waals surface area (Å²) in [6.07, 6.45) is 0. The molecule has 3 rings (SSSR count). The lowest BCUT2D eigenvalue weighted by molar-refractivity contribution is -0.123. The van der Waals surface area contributed by atoms with E-state index in [1.165, 1.54) is 0 Å². The van der Waals surface area contributed by atoms with Crippen LogP contribution in [-0.4, -0.2) is 32.5 Å². The van der Waals surface area contributed by atoms with Crippen LogP contribution in [0, 0.1) is 0 Å². The Kier molecular flexibility index (Phi) is 5.28. The van der Waals surface area contributed by atoms with Gasteiger partial charge in [0.15, 0.2) is 18.1 Å². The molecule has 1 heterocycles. The van der Waals surface area contributed by atoms with Crippen LogP contribution in [0.25, 0.3) is 0 Å². The zero-order valence-electron chi connectivity index (χ0n) is 12.8. The molecule has 0 saturated heterocycles. The first-order chi connectivity index (χ1) is 11.7. The highest BCUT2D eigenvalue weighted by molar-refractivity contribution is 6.30. The van der Waals surface area contributed by atoms with E-state index in [0.29, 0.717) is 41.2 Å². The zero-order valence-corrected chi connectivity index (χ0v) is 13.5. The van der Waals surface area contributed by atoms with Crippen LogP contribution in [0.4, 0.5) is 0 Å². The van der Waals surface area contributed by atoms with Crippen molar-refractivity contribution in [2.45, 2.75) is 0 Å². The summed E-state index contributed by atoms with van der Waals surface area (Å²) in [5.41, 5.74) is 0. The third-order valence-electron chi connectivity index (χ3n) is 3.22. The van der Waals surface area contributed by atoms with Crippen molar-refractivity contribution in [1.82, 2.24) is 5.32 Å². The first kappa shape index (κ1) is 16.3. The van der Waals surface area contributed by atoms with Crippen molar-refractivity contribution in [1.29, 1.82) is 0 Å². The molecule has 0 aromatic heterocycles. The van der Waals surface area contributed by atoms with E-state index in [2.05, 4.69) is 5.32 Å². The number of benzene rings is 2. The van der Waals surface area contributed by atoms with Crippen LogP contribution in [0.5, 0.6) is 23.0 Å². The molecule has 6 nitrogen and oxygen atoms in total. The Morgan fingerprint density at radius 1 is 1.04 bits per heavy atom. The van der Waals surface area contributed by atoms with Gasteiger partial charge in [-0.15, -0.1) is 0 Å². The van der Waals surface area contributed by atoms with E-state index in [0.717, 1.165) is 0 Å². The van der Waals surface area contributed by atoms with Gasteiger partial charge in [-0.05, 0) is 36.4 Å². The van der Waals surface area contributed by atoms with Gasteiger partial charge in [0.25, 0.3) is 5.91 Å². The predicted molar refractivity (Wildman–Crippen MR) is 88.0 cm³/mol. The second kappa shape index (κ2) is 7.79. The molecule has 0 fully saturated rings. The van der Waals surface area contributed by atoms with E-state index in [9.17, 15) is 4.79 Å². The van der Waals surface area contributed by atoms with Crippen LogP contribution < -0.4 is 24.3 Å². The lowest BCUT2D eigenvalue weighted by Gasteiger charge is -2.09. The Morgan fingerprint density at radius 2 is 1.79 bits per heavy atom. The Balaban J connectivity index is 1.34. The molecule has 2 aromatic rings. The van der Waals surface area contributed by atoms with Gasteiger partial charge in [-0.3, -0.25) is 4.79 Å². The van der Waals surface area contributed by atoms with Gasteiger partial charge in [0.05, 0.1) is 6.54 Å². The summed E-state index contributed by atoms with van der Waals surface area (Å²) in [4.78, 5) is 11.7. The van der Waals surface area contributed by atoms with E-state index in [1.807, 2.05) is 0 Å². The standard InChI is InChI=1S/C17H16ClNO5/c18-12-1-3-13(4-2-12)22-10-17(20)19-7-8-21-14-5-6-15-16(9-14)24-11-23-15/h1-6,9H,7-8,10-11H2,(H,19,20). The highest BCUT2D eigenvalue weighted by Gasteiger charge is 2.13. The lowest BCUT2D eigenvalue weighted by atomic mass is 10.3. The number of hydrogen-bond donors (Lipinski definition) is 1. The summed E-state index contributed by atoms with van der Waals surface area (Å²) >= 11 is 5.78. The maximum absolute atomic E-state index is 11.7. The van der Waals surface area contributed by atoms with Gasteiger partial charge in [0, 0.05) is 11.1 Å². The van der Waals surface area contributed by atoms with E-state index in [4.69, 9.17) is 30.5 Å². The molecule has 24 heavy (non-hydrogen) atoms. The number of hydrogen-bond acceptors (Lipinski definition) is 5. The minimum atomic E-state index is -0.223. The molecule has 1 aliphatic heterocycles. The van der Waals surface area contributed by atoms with Crippen LogP contribution in [-0.2, 0) is 4.79 Å². The quantitative estimate of drug-likeness (QED) is 0.778. The van der Waals surface area contributed by atoms with Crippen molar-refractivity contribution in [3.05, 3.63) is 47.5 Å². The molecule has 1 amide bonds. The number of carbonyl (C=O) groups excluding carboxylic acids is 1. The molecule has 0 spiro atoms.